The van der Waals surface area contributed by atoms with E-state index in [0.29, 0.717) is 5.69 Å². The van der Waals surface area contributed by atoms with Crippen LogP contribution in [-0.2, 0) is 0 Å². The van der Waals surface area contributed by atoms with Gasteiger partial charge in [0.2, 0.25) is 5.76 Å². The van der Waals surface area contributed by atoms with Gasteiger partial charge in [0, 0.05) is 17.7 Å². The van der Waals surface area contributed by atoms with Gasteiger partial charge in [-0.15, -0.1) is 0 Å². The second kappa shape index (κ2) is 4.64. The number of hydrogen-bond acceptors (Lipinski definition) is 3. The van der Waals surface area contributed by atoms with Crippen LogP contribution in [0.1, 0.15) is 23.4 Å². The normalized spacial score (nSPS) is 15.1. The van der Waals surface area contributed by atoms with E-state index < -0.39 is 0 Å². The van der Waals surface area contributed by atoms with E-state index in [-0.39, 0.29) is 17.7 Å². The Labute approximate surface area is 105 Å². The van der Waals surface area contributed by atoms with Crippen LogP contribution >= 0.6 is 0 Å². The third kappa shape index (κ3) is 2.14. The minimum absolute atomic E-state index is 0.192. The first-order valence-electron chi connectivity index (χ1n) is 5.97. The molecule has 0 saturated heterocycles. The maximum absolute atomic E-state index is 11.8. The summed E-state index contributed by atoms with van der Waals surface area (Å²) < 4.78 is 5.08. The van der Waals surface area contributed by atoms with E-state index in [1.165, 1.54) is 0 Å². The standard InChI is InChI=1S/C14H13N2O2/c17-14(15-11-7-4-8-11)13-9-12(16-18-13)10-5-2-1-3-6-10/h1-6,9,11H,7-8H2,(H,15,17). The van der Waals surface area contributed by atoms with Crippen LogP contribution in [-0.4, -0.2) is 17.1 Å². The second-order valence-corrected chi connectivity index (χ2v) is 4.37. The van der Waals surface area contributed by atoms with Crippen molar-refractivity contribution in [3.63, 3.8) is 0 Å². The quantitative estimate of drug-likeness (QED) is 0.897. The van der Waals surface area contributed by atoms with E-state index >= 15 is 0 Å². The van der Waals surface area contributed by atoms with Crippen molar-refractivity contribution in [3.05, 3.63) is 48.6 Å². The summed E-state index contributed by atoms with van der Waals surface area (Å²) in [5, 5.41) is 6.81. The van der Waals surface area contributed by atoms with Gasteiger partial charge in [0.15, 0.2) is 0 Å². The predicted molar refractivity (Wildman–Crippen MR) is 66.7 cm³/mol. The second-order valence-electron chi connectivity index (χ2n) is 4.37. The maximum Gasteiger partial charge on any atom is 0.290 e. The number of amides is 1. The molecule has 0 spiro atoms. The topological polar surface area (TPSA) is 55.1 Å². The van der Waals surface area contributed by atoms with Gasteiger partial charge in [0.1, 0.15) is 5.69 Å². The highest BCUT2D eigenvalue weighted by Gasteiger charge is 2.22. The van der Waals surface area contributed by atoms with Gasteiger partial charge in [-0.25, -0.2) is 0 Å². The van der Waals surface area contributed by atoms with Crippen LogP contribution in [0, 0.1) is 6.42 Å². The number of benzene rings is 1. The smallest absolute Gasteiger partial charge is 0.290 e. The van der Waals surface area contributed by atoms with Crippen LogP contribution in [0.2, 0.25) is 0 Å². The largest absolute Gasteiger partial charge is 0.350 e. The fourth-order valence-electron chi connectivity index (χ4n) is 1.83. The first-order valence-corrected chi connectivity index (χ1v) is 5.97. The summed E-state index contributed by atoms with van der Waals surface area (Å²) in [6, 6.07) is 11.6. The molecule has 1 aliphatic carbocycles. The number of aromatic nitrogens is 1. The SMILES string of the molecule is O=C(NC1C[CH]C1)c1cc(-c2ccccc2)no1. The van der Waals surface area contributed by atoms with Crippen molar-refractivity contribution in [1.82, 2.24) is 10.5 Å². The first-order chi connectivity index (χ1) is 8.83. The fourth-order valence-corrected chi connectivity index (χ4v) is 1.83. The zero-order valence-corrected chi connectivity index (χ0v) is 9.80. The molecule has 91 valence electrons. The zero-order valence-electron chi connectivity index (χ0n) is 9.80. The summed E-state index contributed by atoms with van der Waals surface area (Å²) in [6.45, 7) is 0. The van der Waals surface area contributed by atoms with Crippen LogP contribution in [0.25, 0.3) is 11.3 Å². The molecule has 1 aromatic carbocycles. The lowest BCUT2D eigenvalue weighted by Gasteiger charge is -2.25. The Kier molecular flexibility index (Phi) is 2.84. The van der Waals surface area contributed by atoms with Gasteiger partial charge in [-0.1, -0.05) is 35.5 Å². The molecule has 1 fully saturated rings. The fraction of sp³-hybridized carbons (Fsp3) is 0.214. The Bertz CT molecular complexity index is 544. The van der Waals surface area contributed by atoms with Gasteiger partial charge >= 0.3 is 0 Å². The average Bonchev–Trinajstić information content (AvgIpc) is 2.84. The molecule has 1 N–H and O–H groups in total. The van der Waals surface area contributed by atoms with E-state index in [1.807, 2.05) is 30.3 Å². The molecule has 1 aromatic heterocycles. The molecule has 1 radical (unpaired) electrons. The Balaban J connectivity index is 1.74. The number of rotatable bonds is 3. The summed E-state index contributed by atoms with van der Waals surface area (Å²) in [5.41, 5.74) is 1.62. The number of carbonyl (C=O) groups excluding carboxylic acids is 1. The average molecular weight is 241 g/mol. The summed E-state index contributed by atoms with van der Waals surface area (Å²) >= 11 is 0. The lowest BCUT2D eigenvalue weighted by atomic mass is 9.93. The van der Waals surface area contributed by atoms with Crippen LogP contribution in [0.15, 0.2) is 40.9 Å². The van der Waals surface area contributed by atoms with E-state index in [1.54, 1.807) is 6.07 Å². The minimum Gasteiger partial charge on any atom is -0.350 e. The number of carbonyl (C=O) groups is 1. The van der Waals surface area contributed by atoms with Gasteiger partial charge in [-0.05, 0) is 19.3 Å². The van der Waals surface area contributed by atoms with Crippen LogP contribution in [0.4, 0.5) is 0 Å². The van der Waals surface area contributed by atoms with Crippen molar-refractivity contribution >= 4 is 5.91 Å². The molecule has 1 amide bonds. The van der Waals surface area contributed by atoms with Crippen molar-refractivity contribution < 1.29 is 9.32 Å². The highest BCUT2D eigenvalue weighted by atomic mass is 16.5. The Hall–Kier alpha value is -2.10. The van der Waals surface area contributed by atoms with Gasteiger partial charge in [0.25, 0.3) is 5.91 Å². The molecule has 4 heteroatoms. The van der Waals surface area contributed by atoms with Gasteiger partial charge in [-0.3, -0.25) is 4.79 Å². The molecule has 1 heterocycles. The van der Waals surface area contributed by atoms with E-state index in [4.69, 9.17) is 4.52 Å². The number of hydrogen-bond donors (Lipinski definition) is 1. The Morgan fingerprint density at radius 1 is 1.28 bits per heavy atom. The van der Waals surface area contributed by atoms with Gasteiger partial charge in [0.05, 0.1) is 0 Å². The lowest BCUT2D eigenvalue weighted by molar-refractivity contribution is 0.0890. The van der Waals surface area contributed by atoms with E-state index in [9.17, 15) is 4.79 Å². The monoisotopic (exact) mass is 241 g/mol. The summed E-state index contributed by atoms with van der Waals surface area (Å²) in [4.78, 5) is 11.8. The van der Waals surface area contributed by atoms with Crippen molar-refractivity contribution in [3.8, 4) is 11.3 Å². The number of nitrogens with zero attached hydrogens (tertiary/aromatic N) is 1. The zero-order chi connectivity index (χ0) is 12.4. The molecular formula is C14H13N2O2. The van der Waals surface area contributed by atoms with Crippen LogP contribution in [0.3, 0.4) is 0 Å². The molecule has 3 rings (SSSR count). The lowest BCUT2D eigenvalue weighted by Crippen LogP contribution is -2.39. The molecule has 0 aliphatic heterocycles. The van der Waals surface area contributed by atoms with Crippen molar-refractivity contribution in [2.45, 2.75) is 18.9 Å². The Morgan fingerprint density at radius 3 is 2.72 bits per heavy atom. The molecule has 2 aromatic rings. The summed E-state index contributed by atoms with van der Waals surface area (Å²) in [6.07, 6.45) is 4.01. The molecule has 0 atom stereocenters. The molecule has 4 nitrogen and oxygen atoms in total. The van der Waals surface area contributed by atoms with E-state index in [0.717, 1.165) is 18.4 Å². The maximum atomic E-state index is 11.8. The van der Waals surface area contributed by atoms with E-state index in [2.05, 4.69) is 16.9 Å². The summed E-state index contributed by atoms with van der Waals surface area (Å²) in [5.74, 6) is 0.0727. The number of nitrogens with one attached hydrogen (secondary N) is 1. The van der Waals surface area contributed by atoms with Gasteiger partial charge in [-0.2, -0.15) is 0 Å². The third-order valence-electron chi connectivity index (χ3n) is 3.04. The molecule has 18 heavy (non-hydrogen) atoms. The highest BCUT2D eigenvalue weighted by molar-refractivity contribution is 5.92. The predicted octanol–water partition coefficient (Wildman–Crippen LogP) is 2.44. The minimum atomic E-state index is -0.192. The third-order valence-corrected chi connectivity index (χ3v) is 3.04. The Morgan fingerprint density at radius 2 is 2.06 bits per heavy atom. The van der Waals surface area contributed by atoms with Crippen LogP contribution < -0.4 is 5.32 Å². The molecule has 1 saturated carbocycles. The molecule has 0 bridgehead atoms. The first kappa shape index (κ1) is 11.0. The molecular weight excluding hydrogens is 228 g/mol. The van der Waals surface area contributed by atoms with Crippen LogP contribution in [0.5, 0.6) is 0 Å². The highest BCUT2D eigenvalue weighted by Crippen LogP contribution is 2.20. The van der Waals surface area contributed by atoms with Gasteiger partial charge < -0.3 is 9.84 Å². The van der Waals surface area contributed by atoms with Crippen molar-refractivity contribution in [2.24, 2.45) is 0 Å². The van der Waals surface area contributed by atoms with Crippen molar-refractivity contribution in [1.29, 1.82) is 0 Å². The van der Waals surface area contributed by atoms with Crippen molar-refractivity contribution in [2.75, 3.05) is 0 Å². The molecule has 1 aliphatic rings. The summed E-state index contributed by atoms with van der Waals surface area (Å²) in [7, 11) is 0. The molecule has 0 unspecified atom stereocenters.